The van der Waals surface area contributed by atoms with Crippen LogP contribution in [-0.4, -0.2) is 42.2 Å². The molecule has 0 spiro atoms. The number of aromatic carboxylic acids is 1. The number of carboxylic acids is 1. The number of ether oxygens (including phenoxy) is 1. The molecule has 0 aromatic carbocycles. The number of hydrogen-bond donors (Lipinski definition) is 1. The van der Waals surface area contributed by atoms with E-state index in [4.69, 9.17) is 9.84 Å². The average molecular weight is 278 g/mol. The summed E-state index contributed by atoms with van der Waals surface area (Å²) in [5.41, 5.74) is -0.600. The molecule has 0 radical (unpaired) electrons. The Morgan fingerprint density at radius 2 is 2.20 bits per heavy atom. The van der Waals surface area contributed by atoms with E-state index < -0.39 is 11.4 Å². The number of anilines is 1. The van der Waals surface area contributed by atoms with Gasteiger partial charge in [0.15, 0.2) is 5.69 Å². The summed E-state index contributed by atoms with van der Waals surface area (Å²) in [5.74, 6) is -0.633. The molecule has 1 aliphatic rings. The van der Waals surface area contributed by atoms with Gasteiger partial charge in [0, 0.05) is 13.1 Å². The van der Waals surface area contributed by atoms with Crippen molar-refractivity contribution in [2.45, 2.75) is 13.8 Å². The maximum atomic E-state index is 11.9. The van der Waals surface area contributed by atoms with Gasteiger partial charge < -0.3 is 14.7 Å². The molecule has 0 aliphatic carbocycles. The Hall–Kier alpha value is -2.11. The number of carbonyl (C=O) groups is 2. The molecule has 0 saturated carbocycles. The molecule has 20 heavy (non-hydrogen) atoms. The van der Waals surface area contributed by atoms with Crippen LogP contribution in [0.3, 0.4) is 0 Å². The zero-order valence-corrected chi connectivity index (χ0v) is 11.8. The highest BCUT2D eigenvalue weighted by molar-refractivity contribution is 5.86. The van der Waals surface area contributed by atoms with Crippen molar-refractivity contribution in [1.29, 1.82) is 0 Å². The standard InChI is InChI=1S/C14H18N2O4/c1-9-7-16(8-14(9,2)13(19)20-3)11-6-4-5-10(15-11)12(17)18/h4-6,9H,7-8H2,1-3H3,(H,17,18)/t9-,14-/m1/s1. The lowest BCUT2D eigenvalue weighted by molar-refractivity contribution is -0.152. The number of methoxy groups -OCH3 is 1. The fourth-order valence-electron chi connectivity index (χ4n) is 2.54. The number of nitrogens with zero attached hydrogens (tertiary/aromatic N) is 2. The number of pyridine rings is 1. The average Bonchev–Trinajstić information content (AvgIpc) is 2.75. The van der Waals surface area contributed by atoms with Crippen LogP contribution in [-0.2, 0) is 9.53 Å². The molecule has 0 bridgehead atoms. The molecular formula is C14H18N2O4. The third kappa shape index (κ3) is 2.33. The van der Waals surface area contributed by atoms with Crippen molar-refractivity contribution in [2.24, 2.45) is 11.3 Å². The van der Waals surface area contributed by atoms with Crippen molar-refractivity contribution in [1.82, 2.24) is 4.98 Å². The second kappa shape index (κ2) is 5.11. The quantitative estimate of drug-likeness (QED) is 0.842. The smallest absolute Gasteiger partial charge is 0.354 e. The summed E-state index contributed by atoms with van der Waals surface area (Å²) < 4.78 is 4.87. The van der Waals surface area contributed by atoms with E-state index in [2.05, 4.69) is 4.98 Å². The van der Waals surface area contributed by atoms with Crippen LogP contribution in [0.15, 0.2) is 18.2 Å². The molecule has 0 amide bonds. The number of aromatic nitrogens is 1. The van der Waals surface area contributed by atoms with Gasteiger partial charge >= 0.3 is 11.9 Å². The van der Waals surface area contributed by atoms with Crippen molar-refractivity contribution < 1.29 is 19.4 Å². The minimum atomic E-state index is -1.06. The summed E-state index contributed by atoms with van der Waals surface area (Å²) in [5, 5.41) is 8.98. The van der Waals surface area contributed by atoms with E-state index in [9.17, 15) is 9.59 Å². The minimum Gasteiger partial charge on any atom is -0.477 e. The predicted octanol–water partition coefficient (Wildman–Crippen LogP) is 1.42. The maximum absolute atomic E-state index is 11.9. The lowest BCUT2D eigenvalue weighted by Crippen LogP contribution is -2.36. The van der Waals surface area contributed by atoms with Crippen LogP contribution in [0.4, 0.5) is 5.82 Å². The van der Waals surface area contributed by atoms with Crippen molar-refractivity contribution in [3.05, 3.63) is 23.9 Å². The zero-order valence-electron chi connectivity index (χ0n) is 11.8. The largest absolute Gasteiger partial charge is 0.477 e. The summed E-state index contributed by atoms with van der Waals surface area (Å²) in [4.78, 5) is 28.9. The number of carboxylic acid groups (broad SMARTS) is 1. The summed E-state index contributed by atoms with van der Waals surface area (Å²) in [6, 6.07) is 4.86. The van der Waals surface area contributed by atoms with Crippen LogP contribution in [0.2, 0.25) is 0 Å². The first-order valence-electron chi connectivity index (χ1n) is 6.42. The van der Waals surface area contributed by atoms with E-state index in [0.717, 1.165) is 0 Å². The summed E-state index contributed by atoms with van der Waals surface area (Å²) in [6.45, 7) is 4.96. The first-order valence-corrected chi connectivity index (χ1v) is 6.42. The number of esters is 1. The molecule has 6 heteroatoms. The van der Waals surface area contributed by atoms with Crippen molar-refractivity contribution >= 4 is 17.8 Å². The summed E-state index contributed by atoms with van der Waals surface area (Å²) in [7, 11) is 1.38. The molecule has 0 unspecified atom stereocenters. The molecule has 2 heterocycles. The summed E-state index contributed by atoms with van der Waals surface area (Å²) in [6.07, 6.45) is 0. The molecule has 1 aromatic rings. The van der Waals surface area contributed by atoms with E-state index in [0.29, 0.717) is 18.9 Å². The third-order valence-corrected chi connectivity index (χ3v) is 4.03. The van der Waals surface area contributed by atoms with Gasteiger partial charge in [0.05, 0.1) is 12.5 Å². The molecule has 1 fully saturated rings. The Balaban J connectivity index is 2.26. The van der Waals surface area contributed by atoms with Crippen LogP contribution in [0.5, 0.6) is 0 Å². The molecule has 6 nitrogen and oxygen atoms in total. The van der Waals surface area contributed by atoms with Crippen LogP contribution < -0.4 is 4.90 Å². The highest BCUT2D eigenvalue weighted by Crippen LogP contribution is 2.38. The highest BCUT2D eigenvalue weighted by Gasteiger charge is 2.47. The Morgan fingerprint density at radius 1 is 1.50 bits per heavy atom. The second-order valence-electron chi connectivity index (χ2n) is 5.38. The van der Waals surface area contributed by atoms with Gasteiger partial charge in [0.25, 0.3) is 0 Å². The van der Waals surface area contributed by atoms with Gasteiger partial charge in [-0.3, -0.25) is 4.79 Å². The third-order valence-electron chi connectivity index (χ3n) is 4.03. The van der Waals surface area contributed by atoms with Crippen LogP contribution in [0, 0.1) is 11.3 Å². The van der Waals surface area contributed by atoms with Crippen molar-refractivity contribution in [3.8, 4) is 0 Å². The van der Waals surface area contributed by atoms with Gasteiger partial charge in [0.1, 0.15) is 5.82 Å². The Kier molecular flexibility index (Phi) is 3.65. The zero-order chi connectivity index (χ0) is 14.9. The Labute approximate surface area is 117 Å². The monoisotopic (exact) mass is 278 g/mol. The SMILES string of the molecule is COC(=O)[C@]1(C)CN(c2cccc(C(=O)O)n2)C[C@H]1C. The highest BCUT2D eigenvalue weighted by atomic mass is 16.5. The van der Waals surface area contributed by atoms with Gasteiger partial charge in [-0.15, -0.1) is 0 Å². The first-order chi connectivity index (χ1) is 9.38. The fourth-order valence-corrected chi connectivity index (χ4v) is 2.54. The van der Waals surface area contributed by atoms with E-state index >= 15 is 0 Å². The van der Waals surface area contributed by atoms with E-state index in [1.165, 1.54) is 13.2 Å². The minimum absolute atomic E-state index is 0.00169. The molecule has 2 atom stereocenters. The number of hydrogen-bond acceptors (Lipinski definition) is 5. The number of carbonyl (C=O) groups excluding carboxylic acids is 1. The lowest BCUT2D eigenvalue weighted by atomic mass is 9.81. The molecule has 1 aromatic heterocycles. The van der Waals surface area contributed by atoms with E-state index in [1.807, 2.05) is 18.7 Å². The van der Waals surface area contributed by atoms with E-state index in [1.54, 1.807) is 12.1 Å². The molecule has 108 valence electrons. The number of rotatable bonds is 3. The Morgan fingerprint density at radius 3 is 2.80 bits per heavy atom. The molecule has 1 aliphatic heterocycles. The molecule has 2 rings (SSSR count). The van der Waals surface area contributed by atoms with Gasteiger partial charge in [-0.25, -0.2) is 9.78 Å². The molecule has 1 saturated heterocycles. The van der Waals surface area contributed by atoms with Crippen LogP contribution in [0.25, 0.3) is 0 Å². The predicted molar refractivity (Wildman–Crippen MR) is 72.7 cm³/mol. The lowest BCUT2D eigenvalue weighted by Gasteiger charge is -2.24. The first kappa shape index (κ1) is 14.3. The van der Waals surface area contributed by atoms with Gasteiger partial charge in [0.2, 0.25) is 0 Å². The van der Waals surface area contributed by atoms with Crippen LogP contribution in [0.1, 0.15) is 24.3 Å². The van der Waals surface area contributed by atoms with Gasteiger partial charge in [-0.2, -0.15) is 0 Å². The topological polar surface area (TPSA) is 79.7 Å². The van der Waals surface area contributed by atoms with Crippen molar-refractivity contribution in [2.75, 3.05) is 25.1 Å². The Bertz CT molecular complexity index is 546. The summed E-state index contributed by atoms with van der Waals surface area (Å²) >= 11 is 0. The maximum Gasteiger partial charge on any atom is 0.354 e. The van der Waals surface area contributed by atoms with Gasteiger partial charge in [-0.1, -0.05) is 13.0 Å². The van der Waals surface area contributed by atoms with Crippen molar-refractivity contribution in [3.63, 3.8) is 0 Å². The fraction of sp³-hybridized carbons (Fsp3) is 0.500. The van der Waals surface area contributed by atoms with Gasteiger partial charge in [-0.05, 0) is 25.0 Å². The molecular weight excluding hydrogens is 260 g/mol. The molecule has 1 N–H and O–H groups in total. The normalized spacial score (nSPS) is 25.6. The second-order valence-corrected chi connectivity index (χ2v) is 5.38. The van der Waals surface area contributed by atoms with E-state index in [-0.39, 0.29) is 17.6 Å². The van der Waals surface area contributed by atoms with Crippen LogP contribution >= 0.6 is 0 Å².